The molecule has 0 spiro atoms. The topological polar surface area (TPSA) is 49.3 Å². The Morgan fingerprint density at radius 1 is 1.16 bits per heavy atom. The number of carbonyl (C=O) groups is 1. The predicted octanol–water partition coefficient (Wildman–Crippen LogP) is 2.83. The molecule has 2 aromatic carbocycles. The third kappa shape index (κ3) is 2.07. The number of amides is 1. The monoisotopic (exact) mass is 317 g/mol. The Kier molecular flexibility index (Phi) is 2.92. The van der Waals surface area contributed by atoms with Gasteiger partial charge in [0.1, 0.15) is 0 Å². The molecule has 1 amide bonds. The number of nitrogens with one attached hydrogen (secondary N) is 1. The average molecular weight is 318 g/mol. The Bertz CT molecular complexity index is 642. The minimum Gasteiger partial charge on any atom is -0.375 e. The van der Waals surface area contributed by atoms with Crippen molar-refractivity contribution < 1.29 is 9.90 Å². The second-order valence-corrected chi connectivity index (χ2v) is 5.58. The molecule has 19 heavy (non-hydrogen) atoms. The first-order valence-corrected chi connectivity index (χ1v) is 6.77. The summed E-state index contributed by atoms with van der Waals surface area (Å²) in [6.45, 7) is 0. The molecule has 1 atom stereocenters. The summed E-state index contributed by atoms with van der Waals surface area (Å²) in [6.07, 6.45) is 0.267. The quantitative estimate of drug-likeness (QED) is 0.894. The molecule has 96 valence electrons. The van der Waals surface area contributed by atoms with E-state index in [-0.39, 0.29) is 12.3 Å². The first kappa shape index (κ1) is 12.4. The van der Waals surface area contributed by atoms with Gasteiger partial charge in [0.25, 0.3) is 5.91 Å². The lowest BCUT2D eigenvalue weighted by atomic mass is 9.88. The zero-order valence-corrected chi connectivity index (χ0v) is 11.6. The molecule has 1 heterocycles. The van der Waals surface area contributed by atoms with Gasteiger partial charge in [0.2, 0.25) is 0 Å². The molecule has 1 unspecified atom stereocenters. The van der Waals surface area contributed by atoms with Crippen LogP contribution < -0.4 is 5.32 Å². The van der Waals surface area contributed by atoms with Crippen molar-refractivity contribution in [3.05, 3.63) is 64.1 Å². The molecule has 4 heteroatoms. The Morgan fingerprint density at radius 2 is 1.89 bits per heavy atom. The van der Waals surface area contributed by atoms with Gasteiger partial charge in [-0.1, -0.05) is 46.3 Å². The van der Waals surface area contributed by atoms with Gasteiger partial charge in [-0.05, 0) is 23.8 Å². The highest BCUT2D eigenvalue weighted by atomic mass is 79.9. The van der Waals surface area contributed by atoms with Crippen LogP contribution in [-0.2, 0) is 16.8 Å². The molecule has 2 N–H and O–H groups in total. The summed E-state index contributed by atoms with van der Waals surface area (Å²) in [5.74, 6) is -0.371. The lowest BCUT2D eigenvalue weighted by Gasteiger charge is -2.21. The summed E-state index contributed by atoms with van der Waals surface area (Å²) in [5.41, 5.74) is 0.718. The van der Waals surface area contributed by atoms with E-state index in [0.29, 0.717) is 11.3 Å². The number of hydrogen-bond donors (Lipinski definition) is 2. The second kappa shape index (κ2) is 4.47. The summed E-state index contributed by atoms with van der Waals surface area (Å²) in [7, 11) is 0. The molecular formula is C15H12BrNO2. The number of carbonyl (C=O) groups excluding carboxylic acids is 1. The van der Waals surface area contributed by atoms with Crippen LogP contribution in [0, 0.1) is 0 Å². The zero-order chi connectivity index (χ0) is 13.5. The molecule has 0 aliphatic carbocycles. The lowest BCUT2D eigenvalue weighted by molar-refractivity contribution is -0.133. The Hall–Kier alpha value is -1.65. The summed E-state index contributed by atoms with van der Waals surface area (Å²) < 4.78 is 0.842. The highest BCUT2D eigenvalue weighted by Crippen LogP contribution is 2.39. The molecule has 2 aromatic rings. The smallest absolute Gasteiger partial charge is 0.261 e. The second-order valence-electron chi connectivity index (χ2n) is 4.67. The van der Waals surface area contributed by atoms with Crippen LogP contribution in [0.15, 0.2) is 53.0 Å². The highest BCUT2D eigenvalue weighted by molar-refractivity contribution is 9.10. The van der Waals surface area contributed by atoms with E-state index in [9.17, 15) is 9.90 Å². The first-order chi connectivity index (χ1) is 9.09. The third-order valence-electron chi connectivity index (χ3n) is 3.35. The van der Waals surface area contributed by atoms with Crippen LogP contribution in [0.2, 0.25) is 0 Å². The van der Waals surface area contributed by atoms with Gasteiger partial charge in [-0.3, -0.25) is 4.79 Å². The summed E-state index contributed by atoms with van der Waals surface area (Å²) in [6, 6.07) is 14.9. The number of aliphatic hydroxyl groups is 1. The van der Waals surface area contributed by atoms with E-state index >= 15 is 0 Å². The van der Waals surface area contributed by atoms with Crippen LogP contribution in [-0.4, -0.2) is 11.0 Å². The molecule has 3 rings (SSSR count). The molecule has 1 aliphatic heterocycles. The molecule has 3 nitrogen and oxygen atoms in total. The van der Waals surface area contributed by atoms with Gasteiger partial charge in [-0.25, -0.2) is 0 Å². The van der Waals surface area contributed by atoms with Crippen molar-refractivity contribution in [2.45, 2.75) is 12.0 Å². The summed E-state index contributed by atoms with van der Waals surface area (Å²) in [4.78, 5) is 12.1. The van der Waals surface area contributed by atoms with Crippen LogP contribution in [0.3, 0.4) is 0 Å². The van der Waals surface area contributed by atoms with Gasteiger partial charge in [0.05, 0.1) is 0 Å². The molecule has 0 radical (unpaired) electrons. The Balaban J connectivity index is 2.04. The number of fused-ring (bicyclic) bond motifs is 1. The molecular weight excluding hydrogens is 306 g/mol. The van der Waals surface area contributed by atoms with Gasteiger partial charge in [0, 0.05) is 22.1 Å². The van der Waals surface area contributed by atoms with Gasteiger partial charge in [0.15, 0.2) is 5.60 Å². The Morgan fingerprint density at radius 3 is 2.63 bits per heavy atom. The Labute approximate surface area is 119 Å². The number of hydrogen-bond acceptors (Lipinski definition) is 2. The number of rotatable bonds is 2. The first-order valence-electron chi connectivity index (χ1n) is 5.97. The van der Waals surface area contributed by atoms with Crippen molar-refractivity contribution in [3.63, 3.8) is 0 Å². The molecule has 0 fully saturated rings. The molecule has 0 bridgehead atoms. The lowest BCUT2D eigenvalue weighted by Crippen LogP contribution is -2.36. The van der Waals surface area contributed by atoms with E-state index in [4.69, 9.17) is 0 Å². The van der Waals surface area contributed by atoms with Crippen molar-refractivity contribution in [2.75, 3.05) is 5.32 Å². The minimum absolute atomic E-state index is 0.267. The fourth-order valence-electron chi connectivity index (χ4n) is 2.38. The van der Waals surface area contributed by atoms with E-state index in [2.05, 4.69) is 21.2 Å². The number of benzene rings is 2. The summed E-state index contributed by atoms with van der Waals surface area (Å²) in [5, 5.41) is 13.5. The van der Waals surface area contributed by atoms with Crippen LogP contribution in [0.4, 0.5) is 5.69 Å². The third-order valence-corrected chi connectivity index (χ3v) is 3.85. The van der Waals surface area contributed by atoms with E-state index in [1.165, 1.54) is 0 Å². The van der Waals surface area contributed by atoms with Crippen molar-refractivity contribution in [3.8, 4) is 0 Å². The van der Waals surface area contributed by atoms with Crippen molar-refractivity contribution in [1.29, 1.82) is 0 Å². The zero-order valence-electron chi connectivity index (χ0n) is 10.1. The van der Waals surface area contributed by atoms with Gasteiger partial charge in [-0.2, -0.15) is 0 Å². The number of anilines is 1. The highest BCUT2D eigenvalue weighted by Gasteiger charge is 2.45. The fourth-order valence-corrected chi connectivity index (χ4v) is 2.74. The molecule has 0 saturated heterocycles. The van der Waals surface area contributed by atoms with E-state index in [1.807, 2.05) is 36.4 Å². The maximum atomic E-state index is 12.1. The fraction of sp³-hybridized carbons (Fsp3) is 0.133. The maximum Gasteiger partial charge on any atom is 0.261 e. The standard InChI is InChI=1S/C15H12BrNO2/c16-11-6-7-13-12(8-11)15(19,14(18)17-13)9-10-4-2-1-3-5-10/h1-8,19H,9H2,(H,17,18). The van der Waals surface area contributed by atoms with Crippen molar-refractivity contribution in [2.24, 2.45) is 0 Å². The average Bonchev–Trinajstić information content (AvgIpc) is 2.64. The van der Waals surface area contributed by atoms with Gasteiger partial charge < -0.3 is 10.4 Å². The van der Waals surface area contributed by atoms with E-state index < -0.39 is 5.60 Å². The van der Waals surface area contributed by atoms with E-state index in [1.54, 1.807) is 12.1 Å². The molecule has 0 saturated carbocycles. The minimum atomic E-state index is -1.50. The molecule has 0 aromatic heterocycles. The predicted molar refractivity (Wildman–Crippen MR) is 76.8 cm³/mol. The van der Waals surface area contributed by atoms with Gasteiger partial charge >= 0.3 is 0 Å². The van der Waals surface area contributed by atoms with Crippen LogP contribution in [0.5, 0.6) is 0 Å². The maximum absolute atomic E-state index is 12.1. The summed E-state index contributed by atoms with van der Waals surface area (Å²) >= 11 is 3.37. The normalized spacial score (nSPS) is 21.1. The number of halogens is 1. The van der Waals surface area contributed by atoms with Crippen molar-refractivity contribution in [1.82, 2.24) is 0 Å². The molecule has 1 aliphatic rings. The van der Waals surface area contributed by atoms with Crippen LogP contribution in [0.25, 0.3) is 0 Å². The van der Waals surface area contributed by atoms with E-state index in [0.717, 1.165) is 10.0 Å². The van der Waals surface area contributed by atoms with Gasteiger partial charge in [-0.15, -0.1) is 0 Å². The SMILES string of the molecule is O=C1Nc2ccc(Br)cc2C1(O)Cc1ccccc1. The van der Waals surface area contributed by atoms with Crippen molar-refractivity contribution >= 4 is 27.5 Å². The van der Waals surface area contributed by atoms with Crippen LogP contribution >= 0.6 is 15.9 Å². The largest absolute Gasteiger partial charge is 0.375 e. The van der Waals surface area contributed by atoms with Crippen LogP contribution in [0.1, 0.15) is 11.1 Å².